The van der Waals surface area contributed by atoms with Crippen molar-refractivity contribution in [2.45, 2.75) is 104 Å². The number of amides is 1. The van der Waals surface area contributed by atoms with Crippen molar-refractivity contribution in [3.8, 4) is 0 Å². The lowest BCUT2D eigenvalue weighted by Gasteiger charge is -2.37. The molecule has 10 rings (SSSR count). The summed E-state index contributed by atoms with van der Waals surface area (Å²) in [7, 11) is 0. The van der Waals surface area contributed by atoms with Crippen LogP contribution in [0.2, 0.25) is 0 Å². The highest BCUT2D eigenvalue weighted by Crippen LogP contribution is 2.47. The predicted octanol–water partition coefficient (Wildman–Crippen LogP) is 12.2. The van der Waals surface area contributed by atoms with Gasteiger partial charge in [0.15, 0.2) is 0 Å². The lowest BCUT2D eigenvalue weighted by atomic mass is 9.74. The van der Waals surface area contributed by atoms with Gasteiger partial charge in [-0.05, 0) is 154 Å². The van der Waals surface area contributed by atoms with Crippen molar-refractivity contribution < 1.29 is 9.53 Å². The molecule has 1 amide bonds. The van der Waals surface area contributed by atoms with Crippen LogP contribution in [0.4, 0.5) is 4.79 Å². The molecule has 0 saturated carbocycles. The molecule has 336 valence electrons. The number of rotatable bonds is 8. The molecule has 65 heavy (non-hydrogen) atoms. The molecule has 8 heteroatoms. The number of nitrogens with zero attached hydrogens (tertiary/aromatic N) is 5. The number of carbonyl (C=O) groups excluding carboxylic acids is 1. The van der Waals surface area contributed by atoms with Crippen molar-refractivity contribution in [3.05, 3.63) is 178 Å². The Kier molecular flexibility index (Phi) is 13.4. The second-order valence-electron chi connectivity index (χ2n) is 19.5. The number of likely N-dealkylation sites (tertiary alicyclic amines) is 1. The largest absolute Gasteiger partial charge is 0.444 e. The Bertz CT molecular complexity index is 2650. The fraction of sp³-hybridized carbons (Fsp3) is 0.386. The molecule has 2 aliphatic carbocycles. The number of hydrogen-bond donors (Lipinski definition) is 1. The van der Waals surface area contributed by atoms with Crippen LogP contribution in [-0.4, -0.2) is 61.9 Å². The van der Waals surface area contributed by atoms with Crippen LogP contribution in [0, 0.1) is 25.7 Å². The Morgan fingerprint density at radius 1 is 0.615 bits per heavy atom. The standard InChI is InChI=1S/C31H37N3O2.C26H29N3/c1-22-32-16-20-33(22)17-15-25-21-24-9-5-6-11-27(24)29(28-12-8-7-10-26(25)28)23-13-18-34(19-14-23)30(35)36-31(2,3)4;1-19-28-15-17-29(19)16-12-22-18-21-6-2-3-8-24(21)26(20-10-13-27-14-11-20)25-9-5-4-7-23(22)25/h5-12,16,20-21,23,29H,13-15,17-19H2,1-4H3;2-9,15,17-18,20,26-27H,10-14,16H2,1H3. The van der Waals surface area contributed by atoms with Crippen molar-refractivity contribution in [2.75, 3.05) is 26.2 Å². The maximum absolute atomic E-state index is 12.7. The number of nitrogens with one attached hydrogen (secondary N) is 1. The first-order valence-electron chi connectivity index (χ1n) is 24.0. The zero-order chi connectivity index (χ0) is 44.9. The van der Waals surface area contributed by atoms with Gasteiger partial charge < -0.3 is 24.1 Å². The Morgan fingerprint density at radius 3 is 1.49 bits per heavy atom. The molecule has 2 fully saturated rings. The van der Waals surface area contributed by atoms with Crippen molar-refractivity contribution in [1.82, 2.24) is 29.3 Å². The Balaban J connectivity index is 0.000000168. The molecular weight excluding hydrogens is 801 g/mol. The molecule has 2 saturated heterocycles. The summed E-state index contributed by atoms with van der Waals surface area (Å²) in [6, 6.07) is 36.0. The second kappa shape index (κ2) is 19.6. The predicted molar refractivity (Wildman–Crippen MR) is 264 cm³/mol. The summed E-state index contributed by atoms with van der Waals surface area (Å²) >= 11 is 0. The van der Waals surface area contributed by atoms with Gasteiger partial charge in [0, 0.05) is 62.8 Å². The van der Waals surface area contributed by atoms with E-state index in [2.05, 4.69) is 160 Å². The highest BCUT2D eigenvalue weighted by molar-refractivity contribution is 5.87. The van der Waals surface area contributed by atoms with Gasteiger partial charge in [-0.2, -0.15) is 0 Å². The van der Waals surface area contributed by atoms with Gasteiger partial charge in [0.25, 0.3) is 0 Å². The molecule has 4 aliphatic rings. The second-order valence-corrected chi connectivity index (χ2v) is 19.5. The van der Waals surface area contributed by atoms with E-state index in [1.807, 2.05) is 38.1 Å². The fourth-order valence-corrected chi connectivity index (χ4v) is 10.9. The molecule has 2 atom stereocenters. The molecule has 2 unspecified atom stereocenters. The number of benzene rings is 4. The van der Waals surface area contributed by atoms with E-state index in [4.69, 9.17) is 4.74 Å². The van der Waals surface area contributed by atoms with Gasteiger partial charge in [0.05, 0.1) is 0 Å². The summed E-state index contributed by atoms with van der Waals surface area (Å²) in [5.41, 5.74) is 13.7. The van der Waals surface area contributed by atoms with Crippen LogP contribution < -0.4 is 5.32 Å². The van der Waals surface area contributed by atoms with E-state index in [1.165, 1.54) is 68.5 Å². The first kappa shape index (κ1) is 44.2. The number of aryl methyl sites for hydroxylation is 4. The molecule has 2 aromatic heterocycles. The minimum atomic E-state index is -0.468. The SMILES string of the molecule is Cc1nccn1CCC1=Cc2ccccc2C(C2CCN(C(=O)OC(C)(C)C)CC2)c2ccccc21.Cc1nccn1CCC1=Cc2ccccc2C(C2CCNCC2)c2ccccc21. The van der Waals surface area contributed by atoms with Gasteiger partial charge in [-0.3, -0.25) is 0 Å². The minimum Gasteiger partial charge on any atom is -0.444 e. The summed E-state index contributed by atoms with van der Waals surface area (Å²) in [5, 5.41) is 3.55. The smallest absolute Gasteiger partial charge is 0.410 e. The molecule has 1 N–H and O–H groups in total. The number of fused-ring (bicyclic) bond motifs is 4. The van der Waals surface area contributed by atoms with Crippen LogP contribution in [-0.2, 0) is 17.8 Å². The summed E-state index contributed by atoms with van der Waals surface area (Å²) in [6.07, 6.45) is 19.0. The fourth-order valence-electron chi connectivity index (χ4n) is 10.9. The van der Waals surface area contributed by atoms with Gasteiger partial charge in [0.2, 0.25) is 0 Å². The van der Waals surface area contributed by atoms with Gasteiger partial charge >= 0.3 is 6.09 Å². The number of carbonyl (C=O) groups is 1. The van der Waals surface area contributed by atoms with E-state index in [-0.39, 0.29) is 6.09 Å². The molecule has 0 bridgehead atoms. The van der Waals surface area contributed by atoms with Gasteiger partial charge in [0.1, 0.15) is 17.2 Å². The summed E-state index contributed by atoms with van der Waals surface area (Å²) in [5.74, 6) is 4.08. The molecule has 4 aromatic carbocycles. The third-order valence-corrected chi connectivity index (χ3v) is 14.2. The van der Waals surface area contributed by atoms with Crippen LogP contribution in [0.1, 0.15) is 127 Å². The molecule has 0 spiro atoms. The van der Waals surface area contributed by atoms with Crippen LogP contribution >= 0.6 is 0 Å². The topological polar surface area (TPSA) is 77.2 Å². The zero-order valence-electron chi connectivity index (χ0n) is 39.0. The normalized spacial score (nSPS) is 18.6. The minimum absolute atomic E-state index is 0.193. The van der Waals surface area contributed by atoms with Crippen molar-refractivity contribution in [1.29, 1.82) is 0 Å². The van der Waals surface area contributed by atoms with Crippen molar-refractivity contribution in [2.24, 2.45) is 11.8 Å². The maximum Gasteiger partial charge on any atom is 0.410 e. The first-order chi connectivity index (χ1) is 31.6. The molecule has 8 nitrogen and oxygen atoms in total. The molecule has 0 radical (unpaired) electrons. The van der Waals surface area contributed by atoms with E-state index < -0.39 is 5.60 Å². The quantitative estimate of drug-likeness (QED) is 0.165. The number of imidazole rings is 2. The summed E-state index contributed by atoms with van der Waals surface area (Å²) < 4.78 is 10.1. The third-order valence-electron chi connectivity index (χ3n) is 14.2. The number of hydrogen-bond acceptors (Lipinski definition) is 5. The van der Waals surface area contributed by atoms with Crippen LogP contribution in [0.5, 0.6) is 0 Å². The highest BCUT2D eigenvalue weighted by atomic mass is 16.6. The van der Waals surface area contributed by atoms with Crippen LogP contribution in [0.15, 0.2) is 122 Å². The first-order valence-corrected chi connectivity index (χ1v) is 24.0. The highest BCUT2D eigenvalue weighted by Gasteiger charge is 2.36. The van der Waals surface area contributed by atoms with Gasteiger partial charge in [-0.25, -0.2) is 14.8 Å². The average molecular weight is 867 g/mol. The van der Waals surface area contributed by atoms with E-state index in [0.717, 1.165) is 76.6 Å². The molecular formula is C57H66N6O2. The van der Waals surface area contributed by atoms with Crippen molar-refractivity contribution >= 4 is 29.4 Å². The number of piperidine rings is 2. The van der Waals surface area contributed by atoms with E-state index >= 15 is 0 Å². The molecule has 6 aromatic rings. The Morgan fingerprint density at radius 2 is 1.05 bits per heavy atom. The maximum atomic E-state index is 12.7. The number of ether oxygens (including phenoxy) is 1. The zero-order valence-corrected chi connectivity index (χ0v) is 39.0. The monoisotopic (exact) mass is 867 g/mol. The summed E-state index contributed by atoms with van der Waals surface area (Å²) in [4.78, 5) is 23.3. The van der Waals surface area contributed by atoms with E-state index in [1.54, 1.807) is 0 Å². The number of aromatic nitrogens is 4. The Labute approximate surface area is 386 Å². The van der Waals surface area contributed by atoms with Crippen LogP contribution in [0.3, 0.4) is 0 Å². The third kappa shape index (κ3) is 9.98. The lowest BCUT2D eigenvalue weighted by molar-refractivity contribution is 0.0178. The van der Waals surface area contributed by atoms with Crippen LogP contribution in [0.25, 0.3) is 23.3 Å². The summed E-state index contributed by atoms with van der Waals surface area (Å²) in [6.45, 7) is 15.5. The average Bonchev–Trinajstić information content (AvgIpc) is 3.86. The number of allylic oxidation sites excluding steroid dienone is 2. The van der Waals surface area contributed by atoms with Gasteiger partial charge in [-0.15, -0.1) is 0 Å². The molecule has 2 aliphatic heterocycles. The van der Waals surface area contributed by atoms with E-state index in [0.29, 0.717) is 23.7 Å². The van der Waals surface area contributed by atoms with Crippen molar-refractivity contribution in [3.63, 3.8) is 0 Å². The molecule has 4 heterocycles. The van der Waals surface area contributed by atoms with Gasteiger partial charge in [-0.1, -0.05) is 109 Å². The Hall–Kier alpha value is -5.99. The lowest BCUT2D eigenvalue weighted by Crippen LogP contribution is -2.42. The van der Waals surface area contributed by atoms with E-state index in [9.17, 15) is 4.79 Å².